The van der Waals surface area contributed by atoms with Crippen LogP contribution in [0.15, 0.2) is 0 Å². The first-order chi connectivity index (χ1) is 3.91. The second-order valence-electron chi connectivity index (χ2n) is 1.38. The van der Waals surface area contributed by atoms with Gasteiger partial charge in [-0.3, -0.25) is 0 Å². The Morgan fingerprint density at radius 3 is 2.50 bits per heavy atom. The van der Waals surface area contributed by atoms with Crippen LogP contribution >= 0.6 is 0 Å². The molecule has 0 saturated heterocycles. The van der Waals surface area contributed by atoms with Crippen LogP contribution in [0, 0.1) is 0 Å². The van der Waals surface area contributed by atoms with Gasteiger partial charge in [0.2, 0.25) is 0 Å². The Kier molecular flexibility index (Phi) is 7.75. The van der Waals surface area contributed by atoms with Crippen LogP contribution < -0.4 is 0 Å². The Morgan fingerprint density at radius 1 is 1.25 bits per heavy atom. The first-order valence-electron chi connectivity index (χ1n) is 2.73. The first-order valence-corrected chi connectivity index (χ1v) is 2.73. The van der Waals surface area contributed by atoms with E-state index in [1.165, 1.54) is 0 Å². The van der Waals surface area contributed by atoms with E-state index in [-0.39, 0.29) is 0 Å². The fraction of sp³-hybridized carbons (Fsp3) is 1.00. The predicted octanol–water partition coefficient (Wildman–Crippen LogP) is -1.24. The molecule has 0 amide bonds. The minimum Gasteiger partial charge on any atom is -0.122 e. The van der Waals surface area contributed by atoms with E-state index in [1.54, 1.807) is 0 Å². The number of hydrogen-bond donors (Lipinski definition) is 0. The van der Waals surface area contributed by atoms with Gasteiger partial charge in [0.05, 0.1) is 15.0 Å². The summed E-state index contributed by atoms with van der Waals surface area (Å²) in [4.78, 5) is 0. The van der Waals surface area contributed by atoms with Gasteiger partial charge in [0, 0.05) is 28.4 Å². The van der Waals surface area contributed by atoms with Gasteiger partial charge >= 0.3 is 0 Å². The summed E-state index contributed by atoms with van der Waals surface area (Å²) in [6, 6.07) is 0. The highest BCUT2D eigenvalue weighted by Gasteiger charge is 1.89. The van der Waals surface area contributed by atoms with Gasteiger partial charge in [-0.2, -0.15) is 0 Å². The molecule has 0 heterocycles. The van der Waals surface area contributed by atoms with Crippen molar-refractivity contribution in [1.29, 1.82) is 0 Å². The van der Waals surface area contributed by atoms with E-state index < -0.39 is 0 Å². The van der Waals surface area contributed by atoms with Gasteiger partial charge in [0.15, 0.2) is 0 Å². The average Bonchev–Trinajstić information content (AvgIpc) is 1.81. The summed E-state index contributed by atoms with van der Waals surface area (Å²) in [5, 5.41) is 0. The summed E-state index contributed by atoms with van der Waals surface area (Å²) >= 11 is 0. The monoisotopic (exact) mass is 95.1 g/mol. The van der Waals surface area contributed by atoms with Crippen LogP contribution in [0.25, 0.3) is 0 Å². The standard InChI is InChI=1S/C2H5B6/c1-4-6-8-7-5-2-3/h2H2,1H3. The topological polar surface area (TPSA) is 0 Å². The van der Waals surface area contributed by atoms with Crippen molar-refractivity contribution < 1.29 is 0 Å². The molecule has 0 aliphatic rings. The predicted molar refractivity (Wildman–Crippen MR) is 45.2 cm³/mol. The Balaban J connectivity index is 2.53. The molecular formula is C2H5B6. The number of rotatable bonds is 5. The highest BCUT2D eigenvalue weighted by molar-refractivity contribution is 7.53. The number of hydrogen-bond acceptors (Lipinski definition) is 0. The third kappa shape index (κ3) is 6.39. The minimum atomic E-state index is 0.619. The quantitative estimate of drug-likeness (QED) is 0.295. The van der Waals surface area contributed by atoms with Crippen molar-refractivity contribution >= 4 is 43.4 Å². The second kappa shape index (κ2) is 7.39. The van der Waals surface area contributed by atoms with Gasteiger partial charge in [0.25, 0.3) is 0 Å². The van der Waals surface area contributed by atoms with E-state index in [0.29, 0.717) is 6.22 Å². The van der Waals surface area contributed by atoms with E-state index >= 15 is 0 Å². The summed E-state index contributed by atoms with van der Waals surface area (Å²) < 4.78 is 0. The van der Waals surface area contributed by atoms with Gasteiger partial charge in [-0.15, -0.1) is 13.0 Å². The first kappa shape index (κ1) is 8.39. The maximum absolute atomic E-state index is 5.18. The molecule has 0 rings (SSSR count). The van der Waals surface area contributed by atoms with Gasteiger partial charge < -0.3 is 0 Å². The molecule has 8 heavy (non-hydrogen) atoms. The molecule has 31 valence electrons. The minimum absolute atomic E-state index is 0.619. The summed E-state index contributed by atoms with van der Waals surface area (Å²) in [5.41, 5.74) is 0. The molecule has 0 bridgehead atoms. The Bertz CT molecular complexity index is 31.5. The Hall–Kier alpha value is 0.390. The lowest BCUT2D eigenvalue weighted by Gasteiger charge is -1.88. The van der Waals surface area contributed by atoms with Gasteiger partial charge in [-0.1, -0.05) is 0 Å². The lowest BCUT2D eigenvalue weighted by atomic mass is 9.01. The smallest absolute Gasteiger partial charge is 0.0533 e. The molecule has 0 unspecified atom stereocenters. The molecule has 0 aromatic carbocycles. The molecule has 0 nitrogen and oxygen atoms in total. The van der Waals surface area contributed by atoms with Crippen LogP contribution in [0.4, 0.5) is 0 Å². The van der Waals surface area contributed by atoms with Crippen molar-refractivity contribution in [1.82, 2.24) is 0 Å². The summed E-state index contributed by atoms with van der Waals surface area (Å²) in [6.45, 7) is 1.98. The van der Waals surface area contributed by atoms with Crippen molar-refractivity contribution in [3.8, 4) is 0 Å². The molecule has 0 aromatic rings. The molecule has 0 aromatic heterocycles. The second-order valence-corrected chi connectivity index (χ2v) is 1.38. The van der Waals surface area contributed by atoms with Crippen LogP contribution in [-0.2, 0) is 0 Å². The molecule has 0 aliphatic carbocycles. The molecule has 6 heteroatoms. The van der Waals surface area contributed by atoms with Crippen LogP contribution in [0.3, 0.4) is 0 Å². The SMILES string of the molecule is [B]C[B][B][B][B][B]C. The third-order valence-corrected chi connectivity index (χ3v) is 0.687. The highest BCUT2D eigenvalue weighted by Crippen LogP contribution is 1.62. The van der Waals surface area contributed by atoms with Crippen LogP contribution in [-0.4, -0.2) is 43.4 Å². The van der Waals surface area contributed by atoms with Crippen molar-refractivity contribution in [2.45, 2.75) is 13.0 Å². The van der Waals surface area contributed by atoms with Crippen molar-refractivity contribution in [2.24, 2.45) is 0 Å². The normalized spacial score (nSPS) is 7.12. The van der Waals surface area contributed by atoms with Crippen LogP contribution in [0.5, 0.6) is 0 Å². The molecule has 0 N–H and O–H groups in total. The van der Waals surface area contributed by atoms with E-state index in [2.05, 4.69) is 0 Å². The summed E-state index contributed by atoms with van der Waals surface area (Å²) in [6.07, 6.45) is 0.619. The van der Waals surface area contributed by atoms with Gasteiger partial charge in [-0.05, 0) is 0 Å². The molecule has 7 radical (unpaired) electrons. The highest BCUT2D eigenvalue weighted by atomic mass is 13.1. The largest absolute Gasteiger partial charge is 0.122 e. The van der Waals surface area contributed by atoms with E-state index in [9.17, 15) is 0 Å². The lowest BCUT2D eigenvalue weighted by Crippen LogP contribution is -2.21. The van der Waals surface area contributed by atoms with Gasteiger partial charge in [0.1, 0.15) is 0 Å². The molecular weight excluding hydrogens is 88.9 g/mol. The maximum Gasteiger partial charge on any atom is 0.0533 e. The Labute approximate surface area is 57.1 Å². The van der Waals surface area contributed by atoms with E-state index in [4.69, 9.17) is 7.85 Å². The molecule has 0 spiro atoms. The zero-order valence-corrected chi connectivity index (χ0v) is 5.17. The zero-order chi connectivity index (χ0) is 6.24. The fourth-order valence-electron chi connectivity index (χ4n) is 0.332. The molecule has 0 saturated carbocycles. The van der Waals surface area contributed by atoms with E-state index in [1.807, 2.05) is 42.3 Å². The molecule has 0 atom stereocenters. The van der Waals surface area contributed by atoms with Crippen LogP contribution in [0.2, 0.25) is 13.0 Å². The van der Waals surface area contributed by atoms with Crippen molar-refractivity contribution in [3.63, 3.8) is 0 Å². The lowest BCUT2D eigenvalue weighted by molar-refractivity contribution is 2.12. The zero-order valence-electron chi connectivity index (χ0n) is 5.17. The average molecular weight is 93.9 g/mol. The summed E-state index contributed by atoms with van der Waals surface area (Å²) in [5.74, 6) is 0. The third-order valence-electron chi connectivity index (χ3n) is 0.687. The van der Waals surface area contributed by atoms with Gasteiger partial charge in [-0.25, -0.2) is 0 Å². The molecule has 0 fully saturated rings. The molecule has 0 aliphatic heterocycles. The van der Waals surface area contributed by atoms with Crippen molar-refractivity contribution in [3.05, 3.63) is 0 Å². The van der Waals surface area contributed by atoms with Crippen molar-refractivity contribution in [2.75, 3.05) is 0 Å². The Morgan fingerprint density at radius 2 is 2.00 bits per heavy atom. The van der Waals surface area contributed by atoms with E-state index in [0.717, 1.165) is 0 Å². The summed E-state index contributed by atoms with van der Waals surface area (Å²) in [7, 11) is 14.9. The fourth-order valence-corrected chi connectivity index (χ4v) is 0.332. The maximum atomic E-state index is 5.18. The van der Waals surface area contributed by atoms with Crippen LogP contribution in [0.1, 0.15) is 0 Å².